The van der Waals surface area contributed by atoms with E-state index in [4.69, 9.17) is 10.2 Å². The average Bonchev–Trinajstić information content (AvgIpc) is 2.98. The summed E-state index contributed by atoms with van der Waals surface area (Å²) >= 11 is 1.77. The van der Waals surface area contributed by atoms with E-state index in [1.807, 2.05) is 12.1 Å². The fourth-order valence-corrected chi connectivity index (χ4v) is 2.83. The minimum atomic E-state index is -0.271. The van der Waals surface area contributed by atoms with Crippen LogP contribution in [0.25, 0.3) is 0 Å². The highest BCUT2D eigenvalue weighted by atomic mass is 32.1. The van der Waals surface area contributed by atoms with E-state index in [-0.39, 0.29) is 5.91 Å². The highest BCUT2D eigenvalue weighted by molar-refractivity contribution is 7.11. The van der Waals surface area contributed by atoms with E-state index < -0.39 is 0 Å². The lowest BCUT2D eigenvalue weighted by Gasteiger charge is -2.19. The molecule has 0 saturated carbocycles. The van der Waals surface area contributed by atoms with Gasteiger partial charge >= 0.3 is 0 Å². The van der Waals surface area contributed by atoms with Gasteiger partial charge in [-0.05, 0) is 31.2 Å². The molecular weight excluding hydrogens is 260 g/mol. The van der Waals surface area contributed by atoms with Gasteiger partial charge in [-0.25, -0.2) is 0 Å². The highest BCUT2D eigenvalue weighted by Gasteiger charge is 2.11. The summed E-state index contributed by atoms with van der Waals surface area (Å²) in [6.45, 7) is 4.24. The summed E-state index contributed by atoms with van der Waals surface area (Å²) in [7, 11) is 0. The van der Waals surface area contributed by atoms with Crippen molar-refractivity contribution in [3.05, 3.63) is 46.0 Å². The molecule has 0 unspecified atom stereocenters. The molecule has 2 N–H and O–H groups in total. The van der Waals surface area contributed by atoms with Crippen LogP contribution in [-0.2, 0) is 17.9 Å². The monoisotopic (exact) mass is 278 g/mol. The number of carbonyl (C=O) groups is 1. The maximum absolute atomic E-state index is 10.9. The number of aryl methyl sites for hydroxylation is 1. The lowest BCUT2D eigenvalue weighted by Crippen LogP contribution is -2.27. The van der Waals surface area contributed by atoms with Gasteiger partial charge in [-0.3, -0.25) is 9.69 Å². The smallest absolute Gasteiger partial charge is 0.218 e. The number of hydrogen-bond acceptors (Lipinski definition) is 4. The van der Waals surface area contributed by atoms with E-state index in [1.54, 1.807) is 17.6 Å². The Morgan fingerprint density at radius 3 is 2.79 bits per heavy atom. The summed E-state index contributed by atoms with van der Waals surface area (Å²) in [6, 6.07) is 8.05. The van der Waals surface area contributed by atoms with Crippen molar-refractivity contribution in [1.29, 1.82) is 0 Å². The predicted octanol–water partition coefficient (Wildman–Crippen LogP) is 2.53. The first kappa shape index (κ1) is 13.8. The molecule has 102 valence electrons. The molecule has 1 amide bonds. The number of rotatable bonds is 7. The average molecular weight is 278 g/mol. The van der Waals surface area contributed by atoms with Gasteiger partial charge in [0.15, 0.2) is 0 Å². The Balaban J connectivity index is 1.98. The summed E-state index contributed by atoms with van der Waals surface area (Å²) in [5.74, 6) is 0.629. The van der Waals surface area contributed by atoms with Gasteiger partial charge in [0.1, 0.15) is 5.76 Å². The maximum atomic E-state index is 10.9. The van der Waals surface area contributed by atoms with Gasteiger partial charge in [0.2, 0.25) is 5.91 Å². The van der Waals surface area contributed by atoms with Crippen molar-refractivity contribution in [2.75, 3.05) is 6.54 Å². The van der Waals surface area contributed by atoms with E-state index >= 15 is 0 Å². The molecule has 0 bridgehead atoms. The second-order valence-electron chi connectivity index (χ2n) is 4.52. The molecule has 5 heteroatoms. The number of primary amides is 1. The molecule has 0 fully saturated rings. The van der Waals surface area contributed by atoms with Crippen LogP contribution < -0.4 is 5.73 Å². The number of nitrogens with zero attached hydrogens (tertiary/aromatic N) is 1. The van der Waals surface area contributed by atoms with Crippen LogP contribution >= 0.6 is 11.3 Å². The Labute approximate surface area is 116 Å². The number of hydrogen-bond donors (Lipinski definition) is 1. The molecular formula is C14H18N2O2S. The molecule has 4 nitrogen and oxygen atoms in total. The van der Waals surface area contributed by atoms with E-state index in [9.17, 15) is 4.79 Å². The van der Waals surface area contributed by atoms with Crippen molar-refractivity contribution in [2.24, 2.45) is 5.73 Å². The molecule has 0 aromatic carbocycles. The summed E-state index contributed by atoms with van der Waals surface area (Å²) in [6.07, 6.45) is 2.03. The quantitative estimate of drug-likeness (QED) is 0.846. The Morgan fingerprint density at radius 2 is 2.21 bits per heavy atom. The first-order valence-corrected chi connectivity index (χ1v) is 7.03. The van der Waals surface area contributed by atoms with Crippen LogP contribution in [0.4, 0.5) is 0 Å². The summed E-state index contributed by atoms with van der Waals surface area (Å²) in [5.41, 5.74) is 5.23. The third kappa shape index (κ3) is 4.54. The zero-order chi connectivity index (χ0) is 13.7. The molecule has 2 aromatic rings. The zero-order valence-electron chi connectivity index (χ0n) is 11.0. The highest BCUT2D eigenvalue weighted by Crippen LogP contribution is 2.18. The molecule has 2 rings (SSSR count). The van der Waals surface area contributed by atoms with Gasteiger partial charge in [0, 0.05) is 29.3 Å². The van der Waals surface area contributed by atoms with Gasteiger partial charge in [-0.2, -0.15) is 0 Å². The van der Waals surface area contributed by atoms with Crippen LogP contribution in [0.2, 0.25) is 0 Å². The van der Waals surface area contributed by atoms with Crippen molar-refractivity contribution in [2.45, 2.75) is 26.4 Å². The summed E-state index contributed by atoms with van der Waals surface area (Å²) in [4.78, 5) is 15.7. The van der Waals surface area contributed by atoms with E-state index in [0.717, 1.165) is 12.3 Å². The minimum Gasteiger partial charge on any atom is -0.468 e. The number of carbonyl (C=O) groups excluding carboxylic acids is 1. The fraction of sp³-hybridized carbons (Fsp3) is 0.357. The third-order valence-corrected chi connectivity index (χ3v) is 3.79. The van der Waals surface area contributed by atoms with E-state index in [1.165, 1.54) is 9.75 Å². The topological polar surface area (TPSA) is 59.5 Å². The van der Waals surface area contributed by atoms with Gasteiger partial charge < -0.3 is 10.2 Å². The maximum Gasteiger partial charge on any atom is 0.218 e. The van der Waals surface area contributed by atoms with Crippen LogP contribution in [0.3, 0.4) is 0 Å². The standard InChI is InChI=1S/C14H18N2O2S/c1-11-4-5-13(19-11)10-16(7-6-14(15)17)9-12-3-2-8-18-12/h2-5,8H,6-7,9-10H2,1H3,(H2,15,17). The number of thiophene rings is 1. The Morgan fingerprint density at radius 1 is 1.37 bits per heavy atom. The Hall–Kier alpha value is -1.59. The van der Waals surface area contributed by atoms with Crippen LogP contribution in [-0.4, -0.2) is 17.4 Å². The second kappa shape index (κ2) is 6.54. The molecule has 0 atom stereocenters. The summed E-state index contributed by atoms with van der Waals surface area (Å²) < 4.78 is 5.36. The molecule has 0 spiro atoms. The number of nitrogens with two attached hydrogens (primary N) is 1. The van der Waals surface area contributed by atoms with Crippen LogP contribution in [0.1, 0.15) is 21.9 Å². The van der Waals surface area contributed by atoms with Crippen molar-refractivity contribution in [1.82, 2.24) is 4.90 Å². The molecule has 0 aliphatic carbocycles. The van der Waals surface area contributed by atoms with Crippen molar-refractivity contribution in [3.63, 3.8) is 0 Å². The third-order valence-electron chi connectivity index (χ3n) is 2.81. The van der Waals surface area contributed by atoms with Gasteiger partial charge in [0.25, 0.3) is 0 Å². The lowest BCUT2D eigenvalue weighted by molar-refractivity contribution is -0.118. The van der Waals surface area contributed by atoms with Crippen LogP contribution in [0.5, 0.6) is 0 Å². The van der Waals surface area contributed by atoms with Gasteiger partial charge in [-0.15, -0.1) is 11.3 Å². The second-order valence-corrected chi connectivity index (χ2v) is 5.89. The zero-order valence-corrected chi connectivity index (χ0v) is 11.8. The normalized spacial score (nSPS) is 11.1. The molecule has 0 saturated heterocycles. The molecule has 0 aliphatic rings. The number of furan rings is 1. The van der Waals surface area contributed by atoms with Crippen molar-refractivity contribution in [3.8, 4) is 0 Å². The minimum absolute atomic E-state index is 0.271. The first-order valence-electron chi connectivity index (χ1n) is 6.22. The lowest BCUT2D eigenvalue weighted by atomic mass is 10.3. The molecule has 19 heavy (non-hydrogen) atoms. The van der Waals surface area contributed by atoms with Crippen LogP contribution in [0.15, 0.2) is 34.9 Å². The molecule has 2 heterocycles. The van der Waals surface area contributed by atoms with Crippen molar-refractivity contribution >= 4 is 17.2 Å². The summed E-state index contributed by atoms with van der Waals surface area (Å²) in [5, 5.41) is 0. The van der Waals surface area contributed by atoms with Crippen molar-refractivity contribution < 1.29 is 9.21 Å². The van der Waals surface area contributed by atoms with Crippen LogP contribution in [0, 0.1) is 6.92 Å². The van der Waals surface area contributed by atoms with Gasteiger partial charge in [-0.1, -0.05) is 0 Å². The molecule has 2 aromatic heterocycles. The first-order chi connectivity index (χ1) is 9.13. The largest absolute Gasteiger partial charge is 0.468 e. The molecule has 0 radical (unpaired) electrons. The predicted molar refractivity (Wildman–Crippen MR) is 75.7 cm³/mol. The number of amides is 1. The van der Waals surface area contributed by atoms with Gasteiger partial charge in [0.05, 0.1) is 12.8 Å². The SMILES string of the molecule is Cc1ccc(CN(CCC(N)=O)Cc2ccco2)s1. The van der Waals surface area contributed by atoms with E-state index in [0.29, 0.717) is 19.5 Å². The van der Waals surface area contributed by atoms with E-state index in [2.05, 4.69) is 24.0 Å². The Kier molecular flexibility index (Phi) is 4.76. The fourth-order valence-electron chi connectivity index (χ4n) is 1.90. The molecule has 0 aliphatic heterocycles. The Bertz CT molecular complexity index is 519.